The Bertz CT molecular complexity index is 291. The Morgan fingerprint density at radius 3 is 2.77 bits per heavy atom. The number of hydrogen-bond donors (Lipinski definition) is 2. The molecule has 4 heteroatoms. The summed E-state index contributed by atoms with van der Waals surface area (Å²) in [5.74, 6) is 0.155. The maximum atomic E-state index is 9.23. The molecule has 0 saturated carbocycles. The van der Waals surface area contributed by atoms with Crippen LogP contribution in [-0.4, -0.2) is 17.2 Å². The Hall–Kier alpha value is -0.440. The second-order valence-corrected chi connectivity index (χ2v) is 3.52. The van der Waals surface area contributed by atoms with E-state index in [9.17, 15) is 5.11 Å². The molecule has 0 heterocycles. The molecule has 72 valence electrons. The SMILES string of the molecule is Cc1cc(Cl)ccc1NC(O)CCl. The number of aliphatic hydroxyl groups excluding tert-OH is 1. The van der Waals surface area contributed by atoms with E-state index in [1.54, 1.807) is 6.07 Å². The van der Waals surface area contributed by atoms with Crippen LogP contribution in [0.25, 0.3) is 0 Å². The third-order valence-electron chi connectivity index (χ3n) is 1.66. The fraction of sp³-hybridized carbons (Fsp3) is 0.333. The number of aryl methyl sites for hydroxylation is 1. The Morgan fingerprint density at radius 2 is 2.23 bits per heavy atom. The zero-order chi connectivity index (χ0) is 9.84. The van der Waals surface area contributed by atoms with Crippen LogP contribution in [0.4, 0.5) is 5.69 Å². The summed E-state index contributed by atoms with van der Waals surface area (Å²) < 4.78 is 0. The van der Waals surface area contributed by atoms with Crippen molar-refractivity contribution in [1.29, 1.82) is 0 Å². The van der Waals surface area contributed by atoms with Crippen molar-refractivity contribution in [2.75, 3.05) is 11.2 Å². The van der Waals surface area contributed by atoms with Gasteiger partial charge in [0.15, 0.2) is 0 Å². The van der Waals surface area contributed by atoms with E-state index in [4.69, 9.17) is 23.2 Å². The van der Waals surface area contributed by atoms with Gasteiger partial charge in [-0.05, 0) is 30.7 Å². The molecule has 0 aromatic heterocycles. The molecule has 0 fully saturated rings. The van der Waals surface area contributed by atoms with Crippen molar-refractivity contribution in [3.05, 3.63) is 28.8 Å². The van der Waals surface area contributed by atoms with Crippen molar-refractivity contribution >= 4 is 28.9 Å². The molecule has 1 rings (SSSR count). The van der Waals surface area contributed by atoms with Gasteiger partial charge in [-0.1, -0.05) is 11.6 Å². The summed E-state index contributed by atoms with van der Waals surface area (Å²) in [4.78, 5) is 0. The molecule has 2 nitrogen and oxygen atoms in total. The summed E-state index contributed by atoms with van der Waals surface area (Å²) in [7, 11) is 0. The average molecular weight is 220 g/mol. The van der Waals surface area contributed by atoms with Gasteiger partial charge in [-0.2, -0.15) is 0 Å². The molecule has 0 saturated heterocycles. The van der Waals surface area contributed by atoms with E-state index in [0.717, 1.165) is 11.3 Å². The van der Waals surface area contributed by atoms with Crippen molar-refractivity contribution < 1.29 is 5.11 Å². The highest BCUT2D eigenvalue weighted by molar-refractivity contribution is 6.30. The van der Waals surface area contributed by atoms with Crippen LogP contribution in [0.2, 0.25) is 5.02 Å². The van der Waals surface area contributed by atoms with Crippen LogP contribution in [0.1, 0.15) is 5.56 Å². The fourth-order valence-electron chi connectivity index (χ4n) is 1.01. The Kier molecular flexibility index (Phi) is 3.85. The largest absolute Gasteiger partial charge is 0.373 e. The number of rotatable bonds is 3. The van der Waals surface area contributed by atoms with Gasteiger partial charge >= 0.3 is 0 Å². The molecule has 1 aromatic carbocycles. The summed E-state index contributed by atoms with van der Waals surface area (Å²) in [5, 5.41) is 12.8. The topological polar surface area (TPSA) is 32.3 Å². The minimum atomic E-state index is -0.721. The van der Waals surface area contributed by atoms with Crippen molar-refractivity contribution in [2.24, 2.45) is 0 Å². The van der Waals surface area contributed by atoms with Crippen LogP contribution in [0.3, 0.4) is 0 Å². The molecule has 0 aliphatic carbocycles. The van der Waals surface area contributed by atoms with Crippen LogP contribution in [0.5, 0.6) is 0 Å². The quantitative estimate of drug-likeness (QED) is 0.606. The van der Waals surface area contributed by atoms with Gasteiger partial charge in [-0.15, -0.1) is 11.6 Å². The van der Waals surface area contributed by atoms with E-state index in [-0.39, 0.29) is 5.88 Å². The van der Waals surface area contributed by atoms with Crippen molar-refractivity contribution in [3.8, 4) is 0 Å². The normalized spacial score (nSPS) is 12.6. The molecule has 0 aliphatic rings. The molecule has 1 aromatic rings. The molecule has 1 unspecified atom stereocenters. The molecule has 0 amide bonds. The van der Waals surface area contributed by atoms with Gasteiger partial charge in [0.1, 0.15) is 6.23 Å². The maximum Gasteiger partial charge on any atom is 0.138 e. The average Bonchev–Trinajstić information content (AvgIpc) is 2.09. The maximum absolute atomic E-state index is 9.23. The van der Waals surface area contributed by atoms with Crippen molar-refractivity contribution in [1.82, 2.24) is 0 Å². The molecule has 13 heavy (non-hydrogen) atoms. The van der Waals surface area contributed by atoms with Crippen LogP contribution >= 0.6 is 23.2 Å². The van der Waals surface area contributed by atoms with Gasteiger partial charge in [0, 0.05) is 10.7 Å². The van der Waals surface area contributed by atoms with Gasteiger partial charge < -0.3 is 10.4 Å². The predicted molar refractivity (Wildman–Crippen MR) is 56.5 cm³/mol. The number of alkyl halides is 1. The molecular formula is C9H11Cl2NO. The third kappa shape index (κ3) is 3.07. The van der Waals surface area contributed by atoms with E-state index in [1.165, 1.54) is 0 Å². The smallest absolute Gasteiger partial charge is 0.138 e. The highest BCUT2D eigenvalue weighted by atomic mass is 35.5. The molecular weight excluding hydrogens is 209 g/mol. The van der Waals surface area contributed by atoms with E-state index < -0.39 is 6.23 Å². The first-order valence-electron chi connectivity index (χ1n) is 3.90. The van der Waals surface area contributed by atoms with Gasteiger partial charge in [0.25, 0.3) is 0 Å². The number of nitrogens with one attached hydrogen (secondary N) is 1. The van der Waals surface area contributed by atoms with Crippen molar-refractivity contribution in [2.45, 2.75) is 13.2 Å². The lowest BCUT2D eigenvalue weighted by Crippen LogP contribution is -2.20. The van der Waals surface area contributed by atoms with Gasteiger partial charge in [0.2, 0.25) is 0 Å². The third-order valence-corrected chi connectivity index (χ3v) is 2.18. The molecule has 0 aliphatic heterocycles. The highest BCUT2D eigenvalue weighted by Crippen LogP contribution is 2.19. The van der Waals surface area contributed by atoms with E-state index >= 15 is 0 Å². The summed E-state index contributed by atoms with van der Waals surface area (Å²) in [6.45, 7) is 1.91. The highest BCUT2D eigenvalue weighted by Gasteiger charge is 2.03. The van der Waals surface area contributed by atoms with Gasteiger partial charge in [-0.3, -0.25) is 0 Å². The Labute approximate surface area is 87.5 Å². The summed E-state index contributed by atoms with van der Waals surface area (Å²) >= 11 is 11.2. The fourth-order valence-corrected chi connectivity index (χ4v) is 1.31. The minimum absolute atomic E-state index is 0.155. The minimum Gasteiger partial charge on any atom is -0.373 e. The number of hydrogen-bond acceptors (Lipinski definition) is 2. The zero-order valence-electron chi connectivity index (χ0n) is 7.22. The lowest BCUT2D eigenvalue weighted by molar-refractivity contribution is 0.227. The second-order valence-electron chi connectivity index (χ2n) is 2.77. The van der Waals surface area contributed by atoms with Gasteiger partial charge in [0.05, 0.1) is 5.88 Å². The first-order chi connectivity index (χ1) is 6.13. The number of aliphatic hydroxyl groups is 1. The van der Waals surface area contributed by atoms with Crippen LogP contribution in [0, 0.1) is 6.92 Å². The number of benzene rings is 1. The molecule has 2 N–H and O–H groups in total. The number of anilines is 1. The monoisotopic (exact) mass is 219 g/mol. The summed E-state index contributed by atoms with van der Waals surface area (Å²) in [5.41, 5.74) is 1.83. The lowest BCUT2D eigenvalue weighted by atomic mass is 10.2. The van der Waals surface area contributed by atoms with Crippen LogP contribution in [-0.2, 0) is 0 Å². The van der Waals surface area contributed by atoms with Gasteiger partial charge in [-0.25, -0.2) is 0 Å². The van der Waals surface area contributed by atoms with E-state index in [2.05, 4.69) is 5.32 Å². The summed E-state index contributed by atoms with van der Waals surface area (Å²) in [6.07, 6.45) is -0.721. The Morgan fingerprint density at radius 1 is 1.54 bits per heavy atom. The van der Waals surface area contributed by atoms with E-state index in [0.29, 0.717) is 5.02 Å². The lowest BCUT2D eigenvalue weighted by Gasteiger charge is -2.13. The first-order valence-corrected chi connectivity index (χ1v) is 4.81. The Balaban J connectivity index is 2.77. The van der Waals surface area contributed by atoms with E-state index in [1.807, 2.05) is 19.1 Å². The predicted octanol–water partition coefficient (Wildman–Crippen LogP) is 2.62. The summed E-state index contributed by atoms with van der Waals surface area (Å²) in [6, 6.07) is 5.40. The zero-order valence-corrected chi connectivity index (χ0v) is 8.73. The standard InChI is InChI=1S/C9H11Cl2NO/c1-6-4-7(11)2-3-8(6)12-9(13)5-10/h2-4,9,12-13H,5H2,1H3. The van der Waals surface area contributed by atoms with Crippen LogP contribution in [0.15, 0.2) is 18.2 Å². The molecule has 1 atom stereocenters. The molecule has 0 radical (unpaired) electrons. The second kappa shape index (κ2) is 4.70. The number of halogens is 2. The molecule has 0 spiro atoms. The molecule has 0 bridgehead atoms. The van der Waals surface area contributed by atoms with Crippen LogP contribution < -0.4 is 5.32 Å². The van der Waals surface area contributed by atoms with Crippen molar-refractivity contribution in [3.63, 3.8) is 0 Å². The first kappa shape index (κ1) is 10.6.